The van der Waals surface area contributed by atoms with Crippen molar-refractivity contribution in [3.05, 3.63) is 66.4 Å². The summed E-state index contributed by atoms with van der Waals surface area (Å²) in [6.07, 6.45) is -0.422. The first kappa shape index (κ1) is 18.4. The van der Waals surface area contributed by atoms with E-state index in [2.05, 4.69) is 5.10 Å². The van der Waals surface area contributed by atoms with Gasteiger partial charge in [0.15, 0.2) is 5.65 Å². The number of ether oxygens (including phenoxy) is 1. The number of rotatable bonds is 1. The van der Waals surface area contributed by atoms with Crippen LogP contribution in [0.1, 0.15) is 26.5 Å². The van der Waals surface area contributed by atoms with Gasteiger partial charge in [-0.05, 0) is 45.9 Å². The second kappa shape index (κ2) is 6.42. The third kappa shape index (κ3) is 2.92. The van der Waals surface area contributed by atoms with Gasteiger partial charge in [0, 0.05) is 16.8 Å². The highest BCUT2D eigenvalue weighted by atomic mass is 16.6. The summed E-state index contributed by atoms with van der Waals surface area (Å²) in [4.78, 5) is 18.1. The highest BCUT2D eigenvalue weighted by molar-refractivity contribution is 6.01. The van der Waals surface area contributed by atoms with E-state index in [1.165, 1.54) is 0 Å². The number of aryl methyl sites for hydroxylation is 1. The zero-order valence-corrected chi connectivity index (χ0v) is 17.4. The lowest BCUT2D eigenvalue weighted by Gasteiger charge is -2.21. The van der Waals surface area contributed by atoms with E-state index in [0.29, 0.717) is 5.69 Å². The van der Waals surface area contributed by atoms with Crippen molar-refractivity contribution < 1.29 is 9.53 Å². The van der Waals surface area contributed by atoms with Crippen molar-refractivity contribution >= 4 is 33.5 Å². The molecule has 0 aliphatic heterocycles. The summed E-state index contributed by atoms with van der Waals surface area (Å²) < 4.78 is 9.20. The molecule has 2 aromatic carbocycles. The van der Waals surface area contributed by atoms with Gasteiger partial charge in [-0.15, -0.1) is 0 Å². The predicted octanol–water partition coefficient (Wildman–Crippen LogP) is 5.60. The molecule has 0 aliphatic carbocycles. The van der Waals surface area contributed by atoms with Gasteiger partial charge < -0.3 is 4.74 Å². The standard InChI is InChI=1S/C24H22N4O2/c1-15-13-21-25-22(17-10-6-8-12-19(17)28(21)26-15)20-14-16-9-5-7-11-18(16)27(20)23(29)30-24(2,3)4/h5-14H,1-4H3. The molecule has 5 rings (SSSR count). The summed E-state index contributed by atoms with van der Waals surface area (Å²) in [7, 11) is 0. The van der Waals surface area contributed by atoms with E-state index in [9.17, 15) is 4.79 Å². The Balaban J connectivity index is 1.86. The van der Waals surface area contributed by atoms with Gasteiger partial charge in [0.2, 0.25) is 0 Å². The molecule has 0 spiro atoms. The van der Waals surface area contributed by atoms with Crippen LogP contribution in [0.15, 0.2) is 60.7 Å². The summed E-state index contributed by atoms with van der Waals surface area (Å²) in [5, 5.41) is 6.45. The van der Waals surface area contributed by atoms with Crippen LogP contribution in [0, 0.1) is 6.92 Å². The number of hydrogen-bond acceptors (Lipinski definition) is 4. The SMILES string of the molecule is Cc1cc2nc(-c3cc4ccccc4n3C(=O)OC(C)(C)C)c3ccccc3n2n1. The second-order valence-electron chi connectivity index (χ2n) is 8.44. The molecule has 0 bridgehead atoms. The minimum absolute atomic E-state index is 0.422. The zero-order chi connectivity index (χ0) is 21.0. The second-order valence-corrected chi connectivity index (χ2v) is 8.44. The smallest absolute Gasteiger partial charge is 0.419 e. The van der Waals surface area contributed by atoms with Crippen molar-refractivity contribution in [2.24, 2.45) is 0 Å². The van der Waals surface area contributed by atoms with Gasteiger partial charge >= 0.3 is 6.09 Å². The number of carbonyl (C=O) groups is 1. The molecule has 6 nitrogen and oxygen atoms in total. The summed E-state index contributed by atoms with van der Waals surface area (Å²) >= 11 is 0. The number of carbonyl (C=O) groups excluding carboxylic acids is 1. The molecule has 5 aromatic rings. The number of nitrogens with zero attached hydrogens (tertiary/aromatic N) is 4. The third-order valence-corrected chi connectivity index (χ3v) is 4.96. The van der Waals surface area contributed by atoms with Gasteiger partial charge in [-0.25, -0.2) is 18.9 Å². The molecule has 3 aromatic heterocycles. The monoisotopic (exact) mass is 398 g/mol. The van der Waals surface area contributed by atoms with Crippen molar-refractivity contribution in [2.45, 2.75) is 33.3 Å². The number of aromatic nitrogens is 4. The molecule has 150 valence electrons. The van der Waals surface area contributed by atoms with Crippen LogP contribution in [-0.2, 0) is 4.74 Å². The normalized spacial score (nSPS) is 12.1. The topological polar surface area (TPSA) is 61.4 Å². The van der Waals surface area contributed by atoms with Crippen molar-refractivity contribution in [2.75, 3.05) is 0 Å². The molecule has 30 heavy (non-hydrogen) atoms. The Kier molecular flexibility index (Phi) is 3.93. The van der Waals surface area contributed by atoms with E-state index in [0.717, 1.165) is 38.8 Å². The Morgan fingerprint density at radius 1 is 0.967 bits per heavy atom. The van der Waals surface area contributed by atoms with Gasteiger partial charge in [0.25, 0.3) is 0 Å². The van der Waals surface area contributed by atoms with E-state index in [-0.39, 0.29) is 0 Å². The molecule has 0 unspecified atom stereocenters. The summed E-state index contributed by atoms with van der Waals surface area (Å²) in [6.45, 7) is 7.54. The molecule has 0 radical (unpaired) electrons. The molecular weight excluding hydrogens is 376 g/mol. The molecule has 0 fully saturated rings. The molecule has 0 saturated heterocycles. The molecule has 0 amide bonds. The first-order valence-electron chi connectivity index (χ1n) is 9.91. The predicted molar refractivity (Wildman–Crippen MR) is 118 cm³/mol. The van der Waals surface area contributed by atoms with Gasteiger partial charge in [-0.2, -0.15) is 5.10 Å². The maximum atomic E-state index is 13.2. The van der Waals surface area contributed by atoms with Gasteiger partial charge in [-0.3, -0.25) is 0 Å². The maximum absolute atomic E-state index is 13.2. The third-order valence-electron chi connectivity index (χ3n) is 4.96. The highest BCUT2D eigenvalue weighted by Crippen LogP contribution is 2.33. The number of fused-ring (bicyclic) bond motifs is 4. The Bertz CT molecular complexity index is 1440. The number of para-hydroxylation sites is 2. The fourth-order valence-corrected chi connectivity index (χ4v) is 3.80. The summed E-state index contributed by atoms with van der Waals surface area (Å²) in [5.74, 6) is 0. The molecule has 0 saturated carbocycles. The van der Waals surface area contributed by atoms with Crippen LogP contribution in [-0.4, -0.2) is 30.9 Å². The van der Waals surface area contributed by atoms with E-state index in [1.54, 1.807) is 4.57 Å². The van der Waals surface area contributed by atoms with Crippen LogP contribution in [0.4, 0.5) is 4.79 Å². The summed E-state index contributed by atoms with van der Waals surface area (Å²) in [5.41, 5.74) is 4.16. The van der Waals surface area contributed by atoms with Crippen LogP contribution < -0.4 is 0 Å². The Morgan fingerprint density at radius 3 is 2.43 bits per heavy atom. The molecular formula is C24H22N4O2. The van der Waals surface area contributed by atoms with Crippen LogP contribution >= 0.6 is 0 Å². The lowest BCUT2D eigenvalue weighted by atomic mass is 10.1. The number of benzene rings is 2. The lowest BCUT2D eigenvalue weighted by Crippen LogP contribution is -2.27. The highest BCUT2D eigenvalue weighted by Gasteiger charge is 2.24. The fraction of sp³-hybridized carbons (Fsp3) is 0.208. The Hall–Kier alpha value is -3.67. The first-order valence-corrected chi connectivity index (χ1v) is 9.91. The van der Waals surface area contributed by atoms with Crippen LogP contribution in [0.3, 0.4) is 0 Å². The van der Waals surface area contributed by atoms with E-state index in [4.69, 9.17) is 9.72 Å². The lowest BCUT2D eigenvalue weighted by molar-refractivity contribution is 0.0547. The van der Waals surface area contributed by atoms with E-state index >= 15 is 0 Å². The Morgan fingerprint density at radius 2 is 1.67 bits per heavy atom. The fourth-order valence-electron chi connectivity index (χ4n) is 3.80. The zero-order valence-electron chi connectivity index (χ0n) is 17.4. The molecule has 0 atom stereocenters. The average molecular weight is 398 g/mol. The van der Waals surface area contributed by atoms with Gasteiger partial charge in [-0.1, -0.05) is 36.4 Å². The number of hydrogen-bond donors (Lipinski definition) is 0. The van der Waals surface area contributed by atoms with Crippen LogP contribution in [0.5, 0.6) is 0 Å². The quantitative estimate of drug-likeness (QED) is 0.369. The van der Waals surface area contributed by atoms with Crippen molar-refractivity contribution in [3.8, 4) is 11.4 Å². The van der Waals surface area contributed by atoms with E-state index in [1.807, 2.05) is 92.9 Å². The van der Waals surface area contributed by atoms with Crippen LogP contribution in [0.2, 0.25) is 0 Å². The van der Waals surface area contributed by atoms with Gasteiger partial charge in [0.05, 0.1) is 28.1 Å². The maximum Gasteiger partial charge on any atom is 0.419 e. The molecule has 6 heteroatoms. The van der Waals surface area contributed by atoms with E-state index < -0.39 is 11.7 Å². The molecule has 3 heterocycles. The Labute approximate surface area is 173 Å². The summed E-state index contributed by atoms with van der Waals surface area (Å²) in [6, 6.07) is 19.7. The molecule has 0 aliphatic rings. The largest absolute Gasteiger partial charge is 0.443 e. The minimum atomic E-state index is -0.609. The average Bonchev–Trinajstić information content (AvgIpc) is 3.25. The van der Waals surface area contributed by atoms with Crippen molar-refractivity contribution in [1.82, 2.24) is 19.2 Å². The minimum Gasteiger partial charge on any atom is -0.443 e. The van der Waals surface area contributed by atoms with Crippen LogP contribution in [0.25, 0.3) is 38.8 Å². The van der Waals surface area contributed by atoms with Crippen molar-refractivity contribution in [1.29, 1.82) is 0 Å². The molecule has 0 N–H and O–H groups in total. The van der Waals surface area contributed by atoms with Crippen molar-refractivity contribution in [3.63, 3.8) is 0 Å². The first-order chi connectivity index (χ1) is 14.3. The van der Waals surface area contributed by atoms with Gasteiger partial charge in [0.1, 0.15) is 5.60 Å².